The minimum Gasteiger partial charge on any atom is -0.289 e. The molecule has 0 atom stereocenters. The van der Waals surface area contributed by atoms with Gasteiger partial charge in [0, 0.05) is 12.3 Å². The van der Waals surface area contributed by atoms with Gasteiger partial charge in [0.1, 0.15) is 0 Å². The van der Waals surface area contributed by atoms with Crippen LogP contribution in [0.15, 0.2) is 35.3 Å². The molecule has 0 unspecified atom stereocenters. The average Bonchev–Trinajstić information content (AvgIpc) is 2.19. The van der Waals surface area contributed by atoms with Gasteiger partial charge >= 0.3 is 0 Å². The van der Waals surface area contributed by atoms with E-state index in [1.165, 1.54) is 18.4 Å². The van der Waals surface area contributed by atoms with Gasteiger partial charge in [-0.1, -0.05) is 43.7 Å². The van der Waals surface area contributed by atoms with E-state index in [2.05, 4.69) is 31.0 Å². The molecule has 1 nitrogen and oxygen atoms in total. The fourth-order valence-corrected chi connectivity index (χ4v) is 1.18. The summed E-state index contributed by atoms with van der Waals surface area (Å²) >= 11 is 0. The summed E-state index contributed by atoms with van der Waals surface area (Å²) in [7, 11) is 0. The number of hydrogen-bond donors (Lipinski definition) is 0. The predicted octanol–water partition coefficient (Wildman–Crippen LogP) is 3.30. The van der Waals surface area contributed by atoms with E-state index in [9.17, 15) is 0 Å². The quantitative estimate of drug-likeness (QED) is 0.492. The molecule has 1 aromatic carbocycles. The molecule has 0 aliphatic rings. The molecule has 70 valence electrons. The molecule has 0 aliphatic carbocycles. The molecule has 0 saturated heterocycles. The molecule has 0 bridgehead atoms. The predicted molar refractivity (Wildman–Crippen MR) is 58.4 cm³/mol. The first kappa shape index (κ1) is 9.97. The third-order valence-electron chi connectivity index (χ3n) is 2.05. The van der Waals surface area contributed by atoms with Gasteiger partial charge in [0.05, 0.1) is 0 Å². The zero-order chi connectivity index (χ0) is 9.52. The topological polar surface area (TPSA) is 12.4 Å². The molecule has 1 aromatic rings. The van der Waals surface area contributed by atoms with Crippen LogP contribution in [0, 0.1) is 0 Å². The second-order valence-electron chi connectivity index (χ2n) is 3.19. The van der Waals surface area contributed by atoms with Crippen molar-refractivity contribution in [3.63, 3.8) is 0 Å². The van der Waals surface area contributed by atoms with Crippen LogP contribution in [-0.4, -0.2) is 12.3 Å². The van der Waals surface area contributed by atoms with Crippen LogP contribution in [0.1, 0.15) is 32.3 Å². The van der Waals surface area contributed by atoms with Crippen molar-refractivity contribution < 1.29 is 0 Å². The number of benzene rings is 1. The van der Waals surface area contributed by atoms with Gasteiger partial charge in [-0.25, -0.2) is 0 Å². The van der Waals surface area contributed by atoms with Gasteiger partial charge in [-0.3, -0.25) is 4.99 Å². The lowest BCUT2D eigenvalue weighted by atomic mass is 10.1. The summed E-state index contributed by atoms with van der Waals surface area (Å²) in [5.74, 6) is 0. The molecular weight excluding hydrogens is 158 g/mol. The highest BCUT2D eigenvalue weighted by Crippen LogP contribution is 2.01. The minimum absolute atomic E-state index is 0.956. The van der Waals surface area contributed by atoms with Crippen molar-refractivity contribution in [1.29, 1.82) is 0 Å². The van der Waals surface area contributed by atoms with Crippen LogP contribution in [0.2, 0.25) is 0 Å². The lowest BCUT2D eigenvalue weighted by Crippen LogP contribution is -1.95. The van der Waals surface area contributed by atoms with Crippen LogP contribution in [0.25, 0.3) is 0 Å². The van der Waals surface area contributed by atoms with Crippen molar-refractivity contribution in [1.82, 2.24) is 0 Å². The summed E-state index contributed by atoms with van der Waals surface area (Å²) in [6.45, 7) is 5.22. The maximum Gasteiger partial charge on any atom is 0.0392 e. The molecule has 0 fully saturated rings. The average molecular weight is 175 g/mol. The number of nitrogens with zero attached hydrogens (tertiary/aromatic N) is 1. The minimum atomic E-state index is 0.956. The van der Waals surface area contributed by atoms with E-state index < -0.39 is 0 Å². The SMILES string of the molecule is CCCC/N=C(\C)c1ccccc1. The number of rotatable bonds is 4. The zero-order valence-electron chi connectivity index (χ0n) is 8.46. The van der Waals surface area contributed by atoms with Crippen molar-refractivity contribution in [2.45, 2.75) is 26.7 Å². The van der Waals surface area contributed by atoms with Gasteiger partial charge in [-0.2, -0.15) is 0 Å². The van der Waals surface area contributed by atoms with E-state index in [-0.39, 0.29) is 0 Å². The van der Waals surface area contributed by atoms with Crippen molar-refractivity contribution in [2.75, 3.05) is 6.54 Å². The second kappa shape index (κ2) is 5.52. The molecule has 0 aromatic heterocycles. The number of hydrogen-bond acceptors (Lipinski definition) is 1. The summed E-state index contributed by atoms with van der Waals surface area (Å²) < 4.78 is 0. The van der Waals surface area contributed by atoms with Crippen LogP contribution < -0.4 is 0 Å². The second-order valence-corrected chi connectivity index (χ2v) is 3.19. The van der Waals surface area contributed by atoms with Crippen LogP contribution in [0.3, 0.4) is 0 Å². The van der Waals surface area contributed by atoms with Crippen molar-refractivity contribution >= 4 is 5.71 Å². The van der Waals surface area contributed by atoms with Gasteiger partial charge in [-0.05, 0) is 18.9 Å². The molecule has 0 saturated carbocycles. The van der Waals surface area contributed by atoms with Crippen LogP contribution >= 0.6 is 0 Å². The lowest BCUT2D eigenvalue weighted by Gasteiger charge is -1.99. The Morgan fingerprint density at radius 2 is 1.92 bits per heavy atom. The molecule has 0 aliphatic heterocycles. The highest BCUT2D eigenvalue weighted by Gasteiger charge is 1.93. The molecule has 0 amide bonds. The molecular formula is C12H17N. The van der Waals surface area contributed by atoms with Gasteiger partial charge in [-0.15, -0.1) is 0 Å². The van der Waals surface area contributed by atoms with E-state index in [1.807, 2.05) is 18.2 Å². The fourth-order valence-electron chi connectivity index (χ4n) is 1.18. The Hall–Kier alpha value is -1.11. The van der Waals surface area contributed by atoms with E-state index in [0.717, 1.165) is 12.3 Å². The van der Waals surface area contributed by atoms with Crippen molar-refractivity contribution in [2.24, 2.45) is 4.99 Å². The molecule has 1 rings (SSSR count). The monoisotopic (exact) mass is 175 g/mol. The van der Waals surface area contributed by atoms with Gasteiger partial charge < -0.3 is 0 Å². The van der Waals surface area contributed by atoms with Crippen LogP contribution in [0.4, 0.5) is 0 Å². The Kier molecular flexibility index (Phi) is 4.24. The Labute approximate surface area is 80.5 Å². The van der Waals surface area contributed by atoms with Gasteiger partial charge in [0.15, 0.2) is 0 Å². The molecule has 1 heteroatoms. The molecule has 13 heavy (non-hydrogen) atoms. The summed E-state index contributed by atoms with van der Waals surface area (Å²) in [4.78, 5) is 4.50. The maximum atomic E-state index is 4.50. The largest absolute Gasteiger partial charge is 0.289 e. The fraction of sp³-hybridized carbons (Fsp3) is 0.417. The highest BCUT2D eigenvalue weighted by molar-refractivity contribution is 5.98. The Morgan fingerprint density at radius 3 is 2.54 bits per heavy atom. The van der Waals surface area contributed by atoms with E-state index in [1.54, 1.807) is 0 Å². The zero-order valence-corrected chi connectivity index (χ0v) is 8.46. The van der Waals surface area contributed by atoms with Crippen molar-refractivity contribution in [3.05, 3.63) is 35.9 Å². The summed E-state index contributed by atoms with van der Waals surface area (Å²) in [6, 6.07) is 10.3. The Bertz CT molecular complexity index is 262. The summed E-state index contributed by atoms with van der Waals surface area (Å²) in [5.41, 5.74) is 2.38. The third-order valence-corrected chi connectivity index (χ3v) is 2.05. The first-order chi connectivity index (χ1) is 6.34. The van der Waals surface area contributed by atoms with E-state index in [0.29, 0.717) is 0 Å². The number of aliphatic imine (C=N–C) groups is 1. The van der Waals surface area contributed by atoms with Gasteiger partial charge in [0.25, 0.3) is 0 Å². The van der Waals surface area contributed by atoms with E-state index >= 15 is 0 Å². The first-order valence-electron chi connectivity index (χ1n) is 4.91. The number of unbranched alkanes of at least 4 members (excludes halogenated alkanes) is 1. The Morgan fingerprint density at radius 1 is 1.23 bits per heavy atom. The van der Waals surface area contributed by atoms with Gasteiger partial charge in [0.2, 0.25) is 0 Å². The molecule has 0 N–H and O–H groups in total. The lowest BCUT2D eigenvalue weighted by molar-refractivity contribution is 0.808. The molecule has 0 heterocycles. The van der Waals surface area contributed by atoms with Crippen molar-refractivity contribution in [3.8, 4) is 0 Å². The maximum absolute atomic E-state index is 4.50. The standard InChI is InChI=1S/C12H17N/c1-3-4-10-13-11(2)12-8-6-5-7-9-12/h5-9H,3-4,10H2,1-2H3/b13-11+. The highest BCUT2D eigenvalue weighted by atomic mass is 14.7. The van der Waals surface area contributed by atoms with Crippen LogP contribution in [0.5, 0.6) is 0 Å². The third kappa shape index (κ3) is 3.41. The first-order valence-corrected chi connectivity index (χ1v) is 4.91. The molecule has 0 spiro atoms. The normalized spacial score (nSPS) is 11.7. The van der Waals surface area contributed by atoms with Crippen LogP contribution in [-0.2, 0) is 0 Å². The summed E-state index contributed by atoms with van der Waals surface area (Å²) in [5, 5.41) is 0. The molecule has 0 radical (unpaired) electrons. The van der Waals surface area contributed by atoms with E-state index in [4.69, 9.17) is 0 Å². The summed E-state index contributed by atoms with van der Waals surface area (Å²) in [6.07, 6.45) is 2.40. The smallest absolute Gasteiger partial charge is 0.0392 e. The Balaban J connectivity index is 2.57.